The summed E-state index contributed by atoms with van der Waals surface area (Å²) in [6.45, 7) is 7.57. The topological polar surface area (TPSA) is 86.5 Å². The molecular formula is C16H20FN5O. The second-order valence-electron chi connectivity index (χ2n) is 4.40. The summed E-state index contributed by atoms with van der Waals surface area (Å²) in [6.07, 6.45) is 10.4. The number of H-pyrrole nitrogens is 2. The van der Waals surface area contributed by atoms with E-state index in [1.165, 1.54) is 0 Å². The minimum Gasteiger partial charge on any atom is -0.348 e. The number of rotatable bonds is 5. The molecule has 122 valence electrons. The van der Waals surface area contributed by atoms with Gasteiger partial charge in [-0.2, -0.15) is 5.10 Å². The second kappa shape index (κ2) is 9.14. The van der Waals surface area contributed by atoms with E-state index in [-0.39, 0.29) is 5.91 Å². The SMILES string of the molecule is C=C(/C=C\C=C/C)NC(=O)c1[nH]ncc1-c1nc[nH]c1C.CF. The maximum Gasteiger partial charge on any atom is 0.274 e. The number of hydrogen-bond acceptors (Lipinski definition) is 3. The summed E-state index contributed by atoms with van der Waals surface area (Å²) in [4.78, 5) is 19.4. The highest BCUT2D eigenvalue weighted by molar-refractivity contribution is 5.99. The third-order valence-corrected chi connectivity index (χ3v) is 2.83. The lowest BCUT2D eigenvalue weighted by Crippen LogP contribution is -2.22. The van der Waals surface area contributed by atoms with Gasteiger partial charge in [0.2, 0.25) is 0 Å². The van der Waals surface area contributed by atoms with Crippen molar-refractivity contribution in [3.8, 4) is 11.3 Å². The van der Waals surface area contributed by atoms with Crippen molar-refractivity contribution in [1.29, 1.82) is 0 Å². The lowest BCUT2D eigenvalue weighted by Gasteiger charge is -2.04. The van der Waals surface area contributed by atoms with Gasteiger partial charge in [-0.25, -0.2) is 4.98 Å². The number of halogens is 1. The Bertz CT molecular complexity index is 712. The van der Waals surface area contributed by atoms with Crippen LogP contribution in [0, 0.1) is 6.92 Å². The minimum absolute atomic E-state index is 0.306. The molecule has 2 aromatic rings. The van der Waals surface area contributed by atoms with Gasteiger partial charge in [0.05, 0.1) is 31.0 Å². The molecule has 0 unspecified atom stereocenters. The molecule has 0 spiro atoms. The first-order chi connectivity index (χ1) is 11.1. The Kier molecular flexibility index (Phi) is 7.19. The summed E-state index contributed by atoms with van der Waals surface area (Å²) in [6, 6.07) is 0. The van der Waals surface area contributed by atoms with Crippen LogP contribution in [0.4, 0.5) is 4.39 Å². The molecule has 0 saturated carbocycles. The van der Waals surface area contributed by atoms with Crippen molar-refractivity contribution in [1.82, 2.24) is 25.5 Å². The fourth-order valence-corrected chi connectivity index (χ4v) is 1.80. The van der Waals surface area contributed by atoms with Gasteiger partial charge in [-0.15, -0.1) is 0 Å². The molecule has 2 aromatic heterocycles. The summed E-state index contributed by atoms with van der Waals surface area (Å²) in [5.74, 6) is -0.306. The van der Waals surface area contributed by atoms with Crippen molar-refractivity contribution in [2.24, 2.45) is 0 Å². The average Bonchev–Trinajstić information content (AvgIpc) is 3.17. The number of alkyl halides is 1. The first kappa shape index (κ1) is 18.1. The fourth-order valence-electron chi connectivity index (χ4n) is 1.80. The summed E-state index contributed by atoms with van der Waals surface area (Å²) < 4.78 is 9.50. The van der Waals surface area contributed by atoms with Gasteiger partial charge in [0.1, 0.15) is 5.69 Å². The number of carbonyl (C=O) groups is 1. The van der Waals surface area contributed by atoms with E-state index >= 15 is 0 Å². The second-order valence-corrected chi connectivity index (χ2v) is 4.40. The number of carbonyl (C=O) groups excluding carboxylic acids is 1. The predicted molar refractivity (Wildman–Crippen MR) is 88.5 cm³/mol. The highest BCUT2D eigenvalue weighted by Crippen LogP contribution is 2.22. The van der Waals surface area contributed by atoms with Gasteiger partial charge in [-0.05, 0) is 19.9 Å². The lowest BCUT2D eigenvalue weighted by atomic mass is 10.1. The van der Waals surface area contributed by atoms with Crippen molar-refractivity contribution in [2.75, 3.05) is 7.18 Å². The molecule has 0 radical (unpaired) electrons. The van der Waals surface area contributed by atoms with Gasteiger partial charge in [0.25, 0.3) is 5.91 Å². The van der Waals surface area contributed by atoms with E-state index in [0.717, 1.165) is 5.69 Å². The quantitative estimate of drug-likeness (QED) is 0.741. The normalized spacial score (nSPS) is 10.6. The van der Waals surface area contributed by atoms with E-state index < -0.39 is 0 Å². The minimum atomic E-state index is -0.306. The third kappa shape index (κ3) is 4.77. The number of aryl methyl sites for hydroxylation is 1. The van der Waals surface area contributed by atoms with E-state index in [0.29, 0.717) is 29.8 Å². The molecule has 2 rings (SSSR count). The van der Waals surface area contributed by atoms with Crippen LogP contribution in [0.2, 0.25) is 0 Å². The Morgan fingerprint density at radius 3 is 2.74 bits per heavy atom. The summed E-state index contributed by atoms with van der Waals surface area (Å²) in [5, 5.41) is 9.32. The van der Waals surface area contributed by atoms with E-state index in [9.17, 15) is 9.18 Å². The van der Waals surface area contributed by atoms with Gasteiger partial charge in [0, 0.05) is 11.4 Å². The number of aromatic amines is 2. The zero-order valence-corrected chi connectivity index (χ0v) is 13.4. The van der Waals surface area contributed by atoms with Crippen LogP contribution in [0.1, 0.15) is 23.1 Å². The molecule has 7 heteroatoms. The molecular weight excluding hydrogens is 297 g/mol. The van der Waals surface area contributed by atoms with Gasteiger partial charge in [-0.1, -0.05) is 24.8 Å². The van der Waals surface area contributed by atoms with Crippen LogP contribution in [0.5, 0.6) is 0 Å². The average molecular weight is 317 g/mol. The fraction of sp³-hybridized carbons (Fsp3) is 0.188. The maximum absolute atomic E-state index is 12.2. The number of allylic oxidation sites excluding steroid dienone is 4. The first-order valence-electron chi connectivity index (χ1n) is 6.84. The third-order valence-electron chi connectivity index (χ3n) is 2.83. The van der Waals surface area contributed by atoms with E-state index in [1.807, 2.05) is 26.0 Å². The number of amides is 1. The summed E-state index contributed by atoms with van der Waals surface area (Å²) in [7, 11) is 0.500. The van der Waals surface area contributed by atoms with Gasteiger partial charge < -0.3 is 10.3 Å². The molecule has 3 N–H and O–H groups in total. The monoisotopic (exact) mass is 317 g/mol. The molecule has 0 atom stereocenters. The molecule has 6 nitrogen and oxygen atoms in total. The van der Waals surface area contributed by atoms with Gasteiger partial charge in [-0.3, -0.25) is 14.3 Å². The number of aromatic nitrogens is 4. The highest BCUT2D eigenvalue weighted by atomic mass is 19.1. The van der Waals surface area contributed by atoms with Crippen molar-refractivity contribution < 1.29 is 9.18 Å². The maximum atomic E-state index is 12.2. The lowest BCUT2D eigenvalue weighted by molar-refractivity contribution is 0.0963. The number of imidazole rings is 1. The highest BCUT2D eigenvalue weighted by Gasteiger charge is 2.18. The van der Waals surface area contributed by atoms with Crippen LogP contribution < -0.4 is 5.32 Å². The molecule has 0 aliphatic rings. The molecule has 2 heterocycles. The van der Waals surface area contributed by atoms with Crippen molar-refractivity contribution in [3.63, 3.8) is 0 Å². The zero-order chi connectivity index (χ0) is 17.2. The Morgan fingerprint density at radius 2 is 2.13 bits per heavy atom. The Labute approximate surface area is 134 Å². The molecule has 0 fully saturated rings. The molecule has 0 bridgehead atoms. The van der Waals surface area contributed by atoms with Crippen LogP contribution in [0.3, 0.4) is 0 Å². The van der Waals surface area contributed by atoms with Gasteiger partial charge >= 0.3 is 0 Å². The summed E-state index contributed by atoms with van der Waals surface area (Å²) in [5.41, 5.74) is 3.07. The number of nitrogens with one attached hydrogen (secondary N) is 3. The Balaban J connectivity index is 0.00000127. The van der Waals surface area contributed by atoms with E-state index in [2.05, 4.69) is 32.1 Å². The van der Waals surface area contributed by atoms with Crippen LogP contribution in [0.25, 0.3) is 11.3 Å². The number of nitrogens with zero attached hydrogens (tertiary/aromatic N) is 2. The van der Waals surface area contributed by atoms with E-state index in [4.69, 9.17) is 0 Å². The predicted octanol–water partition coefficient (Wildman–Crippen LogP) is 3.07. The van der Waals surface area contributed by atoms with Crippen LogP contribution in [-0.4, -0.2) is 33.3 Å². The van der Waals surface area contributed by atoms with Crippen molar-refractivity contribution in [3.05, 3.63) is 60.5 Å². The largest absolute Gasteiger partial charge is 0.348 e. The standard InChI is InChI=1S/C15H17N5O.CH3F/c1-4-5-6-7-10(2)19-15(21)14-12(8-18-20-14)13-11(3)16-9-17-13;1-2/h4-9H,2H2,1,3H3,(H,16,17)(H,18,20)(H,19,21);1H3/b5-4-,7-6-;. The van der Waals surface area contributed by atoms with Crippen LogP contribution in [0.15, 0.2) is 49.1 Å². The molecule has 0 saturated heterocycles. The molecule has 0 aliphatic carbocycles. The molecule has 0 aromatic carbocycles. The molecule has 0 aliphatic heterocycles. The Hall–Kier alpha value is -2.96. The summed E-state index contributed by atoms with van der Waals surface area (Å²) >= 11 is 0. The molecule has 1 amide bonds. The van der Waals surface area contributed by atoms with E-state index in [1.54, 1.807) is 24.7 Å². The van der Waals surface area contributed by atoms with Crippen molar-refractivity contribution in [2.45, 2.75) is 13.8 Å². The number of hydrogen-bond donors (Lipinski definition) is 3. The van der Waals surface area contributed by atoms with Crippen LogP contribution >= 0.6 is 0 Å². The first-order valence-corrected chi connectivity index (χ1v) is 6.84. The smallest absolute Gasteiger partial charge is 0.274 e. The Morgan fingerprint density at radius 1 is 1.39 bits per heavy atom. The zero-order valence-electron chi connectivity index (χ0n) is 13.4. The van der Waals surface area contributed by atoms with Crippen molar-refractivity contribution >= 4 is 5.91 Å². The molecule has 23 heavy (non-hydrogen) atoms. The van der Waals surface area contributed by atoms with Crippen LogP contribution in [-0.2, 0) is 0 Å². The van der Waals surface area contributed by atoms with Gasteiger partial charge in [0.15, 0.2) is 0 Å².